The molecule has 0 unspecified atom stereocenters. The van der Waals surface area contributed by atoms with Crippen LogP contribution in [0.1, 0.15) is 43.7 Å². The standard InChI is InChI=1S/C14H22N4/c1-2-8-18(7-1)9-3-6-15-14-10-13(12-4-5-12)16-11-17-14/h10-12H,1-9H2,(H,15,16,17). The molecule has 0 spiro atoms. The van der Waals surface area contributed by atoms with E-state index in [0.717, 1.165) is 12.4 Å². The second-order valence-electron chi connectivity index (χ2n) is 5.43. The summed E-state index contributed by atoms with van der Waals surface area (Å²) >= 11 is 0. The van der Waals surface area contributed by atoms with E-state index >= 15 is 0 Å². The van der Waals surface area contributed by atoms with Crippen molar-refractivity contribution in [1.82, 2.24) is 14.9 Å². The Morgan fingerprint density at radius 1 is 1.22 bits per heavy atom. The zero-order valence-corrected chi connectivity index (χ0v) is 10.9. The highest BCUT2D eigenvalue weighted by Crippen LogP contribution is 2.39. The van der Waals surface area contributed by atoms with E-state index in [9.17, 15) is 0 Å². The Morgan fingerprint density at radius 2 is 2.06 bits per heavy atom. The number of hydrogen-bond acceptors (Lipinski definition) is 4. The summed E-state index contributed by atoms with van der Waals surface area (Å²) in [5.41, 5.74) is 1.21. The lowest BCUT2D eigenvalue weighted by molar-refractivity contribution is 0.337. The Morgan fingerprint density at radius 3 is 2.83 bits per heavy atom. The molecule has 1 aliphatic heterocycles. The van der Waals surface area contributed by atoms with Crippen molar-refractivity contribution < 1.29 is 0 Å². The maximum Gasteiger partial charge on any atom is 0.129 e. The van der Waals surface area contributed by atoms with Crippen molar-refractivity contribution in [3.8, 4) is 0 Å². The molecule has 1 aliphatic carbocycles. The molecule has 0 atom stereocenters. The second kappa shape index (κ2) is 5.65. The number of likely N-dealkylation sites (tertiary alicyclic amines) is 1. The van der Waals surface area contributed by atoms with Gasteiger partial charge in [-0.25, -0.2) is 9.97 Å². The summed E-state index contributed by atoms with van der Waals surface area (Å²) in [5, 5.41) is 3.41. The fraction of sp³-hybridized carbons (Fsp3) is 0.714. The topological polar surface area (TPSA) is 41.1 Å². The van der Waals surface area contributed by atoms with E-state index in [1.54, 1.807) is 6.33 Å². The first kappa shape index (κ1) is 11.9. The van der Waals surface area contributed by atoms with Crippen LogP contribution in [0.5, 0.6) is 0 Å². The van der Waals surface area contributed by atoms with E-state index < -0.39 is 0 Å². The predicted octanol–water partition coefficient (Wildman–Crippen LogP) is 2.25. The highest BCUT2D eigenvalue weighted by molar-refractivity contribution is 5.36. The highest BCUT2D eigenvalue weighted by Gasteiger charge is 2.25. The third-order valence-electron chi connectivity index (χ3n) is 3.84. The van der Waals surface area contributed by atoms with Crippen molar-refractivity contribution in [1.29, 1.82) is 0 Å². The van der Waals surface area contributed by atoms with Gasteiger partial charge in [0.05, 0.1) is 0 Å². The molecule has 2 heterocycles. The molecule has 1 aromatic heterocycles. The van der Waals surface area contributed by atoms with Gasteiger partial charge in [-0.2, -0.15) is 0 Å². The van der Waals surface area contributed by atoms with Gasteiger partial charge < -0.3 is 10.2 Å². The van der Waals surface area contributed by atoms with Crippen LogP contribution in [0.2, 0.25) is 0 Å². The van der Waals surface area contributed by atoms with Gasteiger partial charge in [-0.15, -0.1) is 0 Å². The van der Waals surface area contributed by atoms with Gasteiger partial charge in [0.25, 0.3) is 0 Å². The number of anilines is 1. The van der Waals surface area contributed by atoms with Crippen LogP contribution in [0.25, 0.3) is 0 Å². The molecule has 0 amide bonds. The minimum Gasteiger partial charge on any atom is -0.370 e. The normalized spacial score (nSPS) is 20.2. The lowest BCUT2D eigenvalue weighted by Gasteiger charge is -2.14. The van der Waals surface area contributed by atoms with E-state index in [1.165, 1.54) is 57.4 Å². The Kier molecular flexibility index (Phi) is 3.74. The number of aromatic nitrogens is 2. The van der Waals surface area contributed by atoms with Crippen LogP contribution in [0.15, 0.2) is 12.4 Å². The van der Waals surface area contributed by atoms with Crippen molar-refractivity contribution in [3.63, 3.8) is 0 Å². The molecule has 4 heteroatoms. The van der Waals surface area contributed by atoms with Gasteiger partial charge in [-0.05, 0) is 51.7 Å². The van der Waals surface area contributed by atoms with Crippen LogP contribution in [-0.4, -0.2) is 41.0 Å². The maximum atomic E-state index is 4.33. The summed E-state index contributed by atoms with van der Waals surface area (Å²) in [5.74, 6) is 1.70. The molecular formula is C14H22N4. The number of nitrogens with one attached hydrogen (secondary N) is 1. The third-order valence-corrected chi connectivity index (χ3v) is 3.84. The fourth-order valence-corrected chi connectivity index (χ4v) is 2.60. The largest absolute Gasteiger partial charge is 0.370 e. The molecule has 1 saturated heterocycles. The van der Waals surface area contributed by atoms with Crippen LogP contribution < -0.4 is 5.32 Å². The Hall–Kier alpha value is -1.16. The summed E-state index contributed by atoms with van der Waals surface area (Å²) in [6.45, 7) is 4.81. The van der Waals surface area contributed by atoms with Crippen LogP contribution in [0.3, 0.4) is 0 Å². The smallest absolute Gasteiger partial charge is 0.129 e. The van der Waals surface area contributed by atoms with Crippen molar-refractivity contribution >= 4 is 5.82 Å². The molecule has 0 radical (unpaired) electrons. The maximum absolute atomic E-state index is 4.33. The molecule has 1 N–H and O–H groups in total. The van der Waals surface area contributed by atoms with Gasteiger partial charge in [0.2, 0.25) is 0 Å². The van der Waals surface area contributed by atoms with E-state index in [4.69, 9.17) is 0 Å². The van der Waals surface area contributed by atoms with Gasteiger partial charge in [0.15, 0.2) is 0 Å². The lowest BCUT2D eigenvalue weighted by Crippen LogP contribution is -2.22. The van der Waals surface area contributed by atoms with Crippen molar-refractivity contribution in [2.45, 2.75) is 38.0 Å². The van der Waals surface area contributed by atoms with Crippen LogP contribution >= 0.6 is 0 Å². The zero-order valence-electron chi connectivity index (χ0n) is 10.9. The lowest BCUT2D eigenvalue weighted by atomic mass is 10.3. The Balaban J connectivity index is 1.40. The summed E-state index contributed by atoms with van der Waals surface area (Å²) in [6.07, 6.45) is 8.24. The monoisotopic (exact) mass is 246 g/mol. The molecule has 2 aliphatic rings. The summed E-state index contributed by atoms with van der Waals surface area (Å²) < 4.78 is 0. The first-order valence-electron chi connectivity index (χ1n) is 7.20. The van der Waals surface area contributed by atoms with Crippen LogP contribution in [0.4, 0.5) is 5.82 Å². The number of nitrogens with zero attached hydrogens (tertiary/aromatic N) is 3. The van der Waals surface area contributed by atoms with Crippen LogP contribution in [-0.2, 0) is 0 Å². The van der Waals surface area contributed by atoms with Gasteiger partial charge in [0.1, 0.15) is 12.1 Å². The Bertz CT molecular complexity index is 383. The molecule has 1 aromatic rings. The van der Waals surface area contributed by atoms with E-state index in [2.05, 4.69) is 26.3 Å². The van der Waals surface area contributed by atoms with E-state index in [0.29, 0.717) is 5.92 Å². The minimum atomic E-state index is 0.707. The molecule has 4 nitrogen and oxygen atoms in total. The average Bonchev–Trinajstić information content (AvgIpc) is 3.13. The van der Waals surface area contributed by atoms with Gasteiger partial charge in [-0.1, -0.05) is 0 Å². The summed E-state index contributed by atoms with van der Waals surface area (Å²) in [6, 6.07) is 2.12. The molecular weight excluding hydrogens is 224 g/mol. The minimum absolute atomic E-state index is 0.707. The first-order valence-corrected chi connectivity index (χ1v) is 7.20. The zero-order chi connectivity index (χ0) is 12.2. The number of hydrogen-bond donors (Lipinski definition) is 1. The summed E-state index contributed by atoms with van der Waals surface area (Å²) in [7, 11) is 0. The predicted molar refractivity (Wildman–Crippen MR) is 72.8 cm³/mol. The van der Waals surface area contributed by atoms with Crippen molar-refractivity contribution in [2.24, 2.45) is 0 Å². The SMILES string of the molecule is c1nc(NCCCN2CCCC2)cc(C2CC2)n1. The quantitative estimate of drug-likeness (QED) is 0.782. The molecule has 2 fully saturated rings. The first-order chi connectivity index (χ1) is 8.92. The van der Waals surface area contributed by atoms with E-state index in [1.807, 2.05) is 0 Å². The Labute approximate surface area is 109 Å². The second-order valence-corrected chi connectivity index (χ2v) is 5.43. The molecule has 0 aromatic carbocycles. The van der Waals surface area contributed by atoms with Crippen LogP contribution in [0, 0.1) is 0 Å². The van der Waals surface area contributed by atoms with E-state index in [-0.39, 0.29) is 0 Å². The van der Waals surface area contributed by atoms with Gasteiger partial charge in [-0.3, -0.25) is 0 Å². The highest BCUT2D eigenvalue weighted by atomic mass is 15.1. The summed E-state index contributed by atoms with van der Waals surface area (Å²) in [4.78, 5) is 11.2. The van der Waals surface area contributed by atoms with Crippen molar-refractivity contribution in [3.05, 3.63) is 18.1 Å². The average molecular weight is 246 g/mol. The molecule has 98 valence electrons. The molecule has 0 bridgehead atoms. The van der Waals surface area contributed by atoms with Gasteiger partial charge >= 0.3 is 0 Å². The fourth-order valence-electron chi connectivity index (χ4n) is 2.60. The third kappa shape index (κ3) is 3.19. The molecule has 18 heavy (non-hydrogen) atoms. The molecule has 3 rings (SSSR count). The number of rotatable bonds is 6. The van der Waals surface area contributed by atoms with Crippen molar-refractivity contribution in [2.75, 3.05) is 31.5 Å². The molecule has 1 saturated carbocycles. The van der Waals surface area contributed by atoms with Gasteiger partial charge in [0, 0.05) is 24.2 Å².